The second-order valence-corrected chi connectivity index (χ2v) is 9.89. The van der Waals surface area contributed by atoms with Crippen LogP contribution < -0.4 is 9.47 Å². The van der Waals surface area contributed by atoms with Gasteiger partial charge in [0, 0.05) is 23.7 Å². The lowest BCUT2D eigenvalue weighted by Crippen LogP contribution is -2.35. The van der Waals surface area contributed by atoms with E-state index >= 15 is 0 Å². The first-order chi connectivity index (χ1) is 16.9. The van der Waals surface area contributed by atoms with Crippen molar-refractivity contribution in [3.8, 4) is 23.0 Å². The van der Waals surface area contributed by atoms with Crippen LogP contribution in [-0.4, -0.2) is 40.9 Å². The zero-order chi connectivity index (χ0) is 24.5. The first kappa shape index (κ1) is 23.3. The van der Waals surface area contributed by atoms with Gasteiger partial charge in [-0.3, -0.25) is 4.90 Å². The van der Waals surface area contributed by atoms with Crippen LogP contribution in [0, 0.1) is 5.92 Å². The van der Waals surface area contributed by atoms with Gasteiger partial charge in [0.25, 0.3) is 0 Å². The number of aromatic hydroxyl groups is 2. The number of fused-ring (bicyclic) bond motifs is 1. The van der Waals surface area contributed by atoms with Crippen LogP contribution in [-0.2, 0) is 0 Å². The van der Waals surface area contributed by atoms with Crippen molar-refractivity contribution in [1.29, 1.82) is 0 Å². The molecule has 182 valence electrons. The van der Waals surface area contributed by atoms with Crippen molar-refractivity contribution >= 4 is 11.1 Å². The Hall–Kier alpha value is -3.44. The van der Waals surface area contributed by atoms with E-state index in [-0.39, 0.29) is 17.6 Å². The third kappa shape index (κ3) is 4.87. The molecule has 5 rings (SSSR count). The van der Waals surface area contributed by atoms with Crippen molar-refractivity contribution < 1.29 is 19.7 Å². The molecule has 2 heterocycles. The fourth-order valence-corrected chi connectivity index (χ4v) is 5.15. The van der Waals surface area contributed by atoms with Gasteiger partial charge in [-0.2, -0.15) is 0 Å². The molecule has 35 heavy (non-hydrogen) atoms. The molecule has 0 unspecified atom stereocenters. The first-order valence-corrected chi connectivity index (χ1v) is 12.4. The topological polar surface area (TPSA) is 62.2 Å². The smallest absolute Gasteiger partial charge is 0.150 e. The molecule has 5 heteroatoms. The predicted molar refractivity (Wildman–Crippen MR) is 139 cm³/mol. The Kier molecular flexibility index (Phi) is 6.44. The maximum Gasteiger partial charge on any atom is 0.150 e. The molecule has 1 saturated heterocycles. The van der Waals surface area contributed by atoms with Gasteiger partial charge >= 0.3 is 0 Å². The standard InChI is InChI=1S/C30H33NO4/c1-19-13-14-31(17-19)20(2)18-34-26-10-7-22(8-11-26)30-29(23-5-4-6-24(32)15-23)21(3)27-16-25(33)9-12-28(27)35-30/h4-12,15-16,19-20,30,32-33H,13-14,17-18H2,1-3H3/t19-,20+,30+/m1/s1. The lowest BCUT2D eigenvalue weighted by molar-refractivity contribution is 0.169. The Morgan fingerprint density at radius 1 is 1.03 bits per heavy atom. The SMILES string of the molecule is CC1=C(c2cccc(O)c2)[C@H](c2ccc(OC[C@H](C)N3CC[C@@H](C)C3)cc2)Oc2ccc(O)cc21. The highest BCUT2D eigenvalue weighted by molar-refractivity contribution is 5.95. The van der Waals surface area contributed by atoms with Crippen LogP contribution in [0.15, 0.2) is 66.7 Å². The molecule has 0 saturated carbocycles. The van der Waals surface area contributed by atoms with Gasteiger partial charge in [-0.05, 0) is 91.9 Å². The summed E-state index contributed by atoms with van der Waals surface area (Å²) in [7, 11) is 0. The third-order valence-corrected chi connectivity index (χ3v) is 7.19. The van der Waals surface area contributed by atoms with Crippen LogP contribution in [0.4, 0.5) is 0 Å². The summed E-state index contributed by atoms with van der Waals surface area (Å²) >= 11 is 0. The molecular weight excluding hydrogens is 438 g/mol. The number of ether oxygens (including phenoxy) is 2. The first-order valence-electron chi connectivity index (χ1n) is 12.4. The number of rotatable bonds is 6. The third-order valence-electron chi connectivity index (χ3n) is 7.19. The maximum atomic E-state index is 10.1. The van der Waals surface area contributed by atoms with E-state index in [0.717, 1.165) is 58.3 Å². The molecule has 2 aliphatic rings. The van der Waals surface area contributed by atoms with Crippen molar-refractivity contribution in [3.05, 3.63) is 83.4 Å². The Balaban J connectivity index is 1.41. The number of likely N-dealkylation sites (tertiary alicyclic amines) is 1. The van der Waals surface area contributed by atoms with Gasteiger partial charge in [0.05, 0.1) is 0 Å². The van der Waals surface area contributed by atoms with Crippen LogP contribution in [0.3, 0.4) is 0 Å². The summed E-state index contributed by atoms with van der Waals surface area (Å²) in [6.45, 7) is 9.52. The minimum atomic E-state index is -0.354. The Bertz CT molecular complexity index is 1230. The molecule has 5 nitrogen and oxygen atoms in total. The van der Waals surface area contributed by atoms with E-state index in [9.17, 15) is 10.2 Å². The maximum absolute atomic E-state index is 10.1. The van der Waals surface area contributed by atoms with Gasteiger partial charge in [0.1, 0.15) is 35.7 Å². The quantitative estimate of drug-likeness (QED) is 0.444. The molecule has 2 N–H and O–H groups in total. The fourth-order valence-electron chi connectivity index (χ4n) is 5.15. The summed E-state index contributed by atoms with van der Waals surface area (Å²) in [6, 6.07) is 20.9. The van der Waals surface area contributed by atoms with E-state index in [1.807, 2.05) is 43.3 Å². The Labute approximate surface area is 207 Å². The molecule has 0 aliphatic carbocycles. The lowest BCUT2D eigenvalue weighted by Gasteiger charge is -2.31. The van der Waals surface area contributed by atoms with E-state index in [1.165, 1.54) is 6.42 Å². The highest BCUT2D eigenvalue weighted by Crippen LogP contribution is 2.47. The van der Waals surface area contributed by atoms with Crippen LogP contribution >= 0.6 is 0 Å². The van der Waals surface area contributed by atoms with Crippen LogP contribution in [0.1, 0.15) is 50.0 Å². The molecule has 0 radical (unpaired) electrons. The van der Waals surface area contributed by atoms with Crippen molar-refractivity contribution in [3.63, 3.8) is 0 Å². The number of phenols is 2. The second-order valence-electron chi connectivity index (χ2n) is 9.89. The van der Waals surface area contributed by atoms with Crippen molar-refractivity contribution in [1.82, 2.24) is 4.90 Å². The van der Waals surface area contributed by atoms with Crippen molar-refractivity contribution in [2.45, 2.75) is 39.3 Å². The summed E-state index contributed by atoms with van der Waals surface area (Å²) < 4.78 is 12.6. The van der Waals surface area contributed by atoms with Gasteiger partial charge in [-0.15, -0.1) is 0 Å². The van der Waals surface area contributed by atoms with Crippen molar-refractivity contribution in [2.24, 2.45) is 5.92 Å². The van der Waals surface area contributed by atoms with Crippen LogP contribution in [0.25, 0.3) is 11.1 Å². The van der Waals surface area contributed by atoms with E-state index in [4.69, 9.17) is 9.47 Å². The van der Waals surface area contributed by atoms with Gasteiger partial charge < -0.3 is 19.7 Å². The Morgan fingerprint density at radius 2 is 1.80 bits per heavy atom. The number of phenolic OH excluding ortho intramolecular Hbond substituents is 2. The lowest BCUT2D eigenvalue weighted by atomic mass is 9.86. The summed E-state index contributed by atoms with van der Waals surface area (Å²) in [5.74, 6) is 2.73. The summed E-state index contributed by atoms with van der Waals surface area (Å²) in [5.41, 5.74) is 4.70. The molecule has 0 bridgehead atoms. The van der Waals surface area contributed by atoms with E-state index < -0.39 is 0 Å². The molecule has 0 amide bonds. The monoisotopic (exact) mass is 471 g/mol. The van der Waals surface area contributed by atoms with Crippen molar-refractivity contribution in [2.75, 3.05) is 19.7 Å². The fraction of sp³-hybridized carbons (Fsp3) is 0.333. The highest BCUT2D eigenvalue weighted by atomic mass is 16.5. The molecule has 0 spiro atoms. The van der Waals surface area contributed by atoms with Gasteiger partial charge in [-0.1, -0.05) is 31.2 Å². The largest absolute Gasteiger partial charge is 0.508 e. The number of hydrogen-bond donors (Lipinski definition) is 2. The van der Waals surface area contributed by atoms with Crippen LogP contribution in [0.5, 0.6) is 23.0 Å². The Morgan fingerprint density at radius 3 is 2.51 bits per heavy atom. The number of hydrogen-bond acceptors (Lipinski definition) is 5. The second kappa shape index (κ2) is 9.67. The molecule has 3 aromatic rings. The van der Waals surface area contributed by atoms with Crippen LogP contribution in [0.2, 0.25) is 0 Å². The average Bonchev–Trinajstić information content (AvgIpc) is 3.29. The number of benzene rings is 3. The minimum absolute atomic E-state index is 0.194. The van der Waals surface area contributed by atoms with E-state index in [2.05, 4.69) is 18.7 Å². The molecule has 1 fully saturated rings. The summed E-state index contributed by atoms with van der Waals surface area (Å²) in [4.78, 5) is 2.50. The molecule has 0 aromatic heterocycles. The zero-order valence-electron chi connectivity index (χ0n) is 20.6. The average molecular weight is 472 g/mol. The highest BCUT2D eigenvalue weighted by Gasteiger charge is 2.30. The normalized spacial score (nSPS) is 20.9. The molecule has 2 aliphatic heterocycles. The number of allylic oxidation sites excluding steroid dienone is 1. The molecule has 3 aromatic carbocycles. The van der Waals surface area contributed by atoms with Gasteiger partial charge in [0.15, 0.2) is 0 Å². The number of nitrogens with zero attached hydrogens (tertiary/aromatic N) is 1. The van der Waals surface area contributed by atoms with Gasteiger partial charge in [-0.25, -0.2) is 0 Å². The van der Waals surface area contributed by atoms with E-state index in [0.29, 0.717) is 12.6 Å². The minimum Gasteiger partial charge on any atom is -0.508 e. The summed E-state index contributed by atoms with van der Waals surface area (Å²) in [5, 5.41) is 20.2. The van der Waals surface area contributed by atoms with Gasteiger partial charge in [0.2, 0.25) is 0 Å². The predicted octanol–water partition coefficient (Wildman–Crippen LogP) is 6.27. The molecule has 3 atom stereocenters. The summed E-state index contributed by atoms with van der Waals surface area (Å²) in [6.07, 6.45) is 0.908. The van der Waals surface area contributed by atoms with E-state index in [1.54, 1.807) is 30.3 Å². The molecular formula is C30H33NO4. The zero-order valence-corrected chi connectivity index (χ0v) is 20.6.